The predicted octanol–water partition coefficient (Wildman–Crippen LogP) is 3.40. The van der Waals surface area contributed by atoms with Crippen molar-refractivity contribution in [3.05, 3.63) is 53.6 Å². The molecule has 33 heavy (non-hydrogen) atoms. The second-order valence-electron chi connectivity index (χ2n) is 7.44. The highest BCUT2D eigenvalue weighted by Gasteiger charge is 2.34. The average molecular weight is 496 g/mol. The number of amides is 1. The number of rotatable bonds is 5. The van der Waals surface area contributed by atoms with Gasteiger partial charge in [0.05, 0.1) is 22.9 Å². The van der Waals surface area contributed by atoms with E-state index in [-0.39, 0.29) is 31.8 Å². The van der Waals surface area contributed by atoms with Gasteiger partial charge in [0.25, 0.3) is 0 Å². The van der Waals surface area contributed by atoms with Crippen molar-refractivity contribution in [1.82, 2.24) is 9.29 Å². The number of thiazole rings is 1. The fourth-order valence-corrected chi connectivity index (χ4v) is 6.06. The minimum absolute atomic E-state index is 0.00128. The normalized spacial score (nSPS) is 15.5. The Kier molecular flexibility index (Phi) is 6.41. The zero-order valence-electron chi connectivity index (χ0n) is 17.4. The Labute approximate surface area is 192 Å². The number of sulfonamides is 1. The van der Waals surface area contributed by atoms with Gasteiger partial charge in [-0.25, -0.2) is 27.0 Å². The molecule has 12 heteroatoms. The number of fused-ring (bicyclic) bond motifs is 1. The number of ether oxygens (including phenoxy) is 1. The summed E-state index contributed by atoms with van der Waals surface area (Å²) in [6, 6.07) is 7.14. The van der Waals surface area contributed by atoms with Crippen LogP contribution in [0.1, 0.15) is 23.2 Å². The molecule has 1 aliphatic heterocycles. The second kappa shape index (κ2) is 9.12. The smallest absolute Gasteiger partial charge is 0.337 e. The van der Waals surface area contributed by atoms with E-state index in [0.717, 1.165) is 16.4 Å². The molecule has 0 saturated carbocycles. The fraction of sp³-hybridized carbons (Fsp3) is 0.286. The fourth-order valence-electron chi connectivity index (χ4n) is 3.60. The van der Waals surface area contributed by atoms with E-state index in [1.165, 1.54) is 18.4 Å². The number of halogens is 2. The summed E-state index contributed by atoms with van der Waals surface area (Å²) >= 11 is 1.20. The van der Waals surface area contributed by atoms with E-state index in [9.17, 15) is 26.8 Å². The van der Waals surface area contributed by atoms with E-state index >= 15 is 0 Å². The Bertz CT molecular complexity index is 1330. The number of anilines is 1. The zero-order valence-corrected chi connectivity index (χ0v) is 19.0. The first kappa shape index (κ1) is 23.2. The van der Waals surface area contributed by atoms with Crippen LogP contribution >= 0.6 is 11.3 Å². The van der Waals surface area contributed by atoms with Crippen molar-refractivity contribution in [3.8, 4) is 0 Å². The Morgan fingerprint density at radius 1 is 1.15 bits per heavy atom. The molecular formula is C21H19F2N3O5S2. The first-order valence-electron chi connectivity index (χ1n) is 9.94. The van der Waals surface area contributed by atoms with Gasteiger partial charge in [0.15, 0.2) is 5.13 Å². The van der Waals surface area contributed by atoms with Crippen molar-refractivity contribution >= 4 is 48.6 Å². The van der Waals surface area contributed by atoms with Crippen LogP contribution in [-0.2, 0) is 19.6 Å². The Morgan fingerprint density at radius 2 is 1.88 bits per heavy atom. The number of aromatic nitrogens is 1. The largest absolute Gasteiger partial charge is 0.465 e. The third-order valence-electron chi connectivity index (χ3n) is 5.38. The molecule has 2 heterocycles. The van der Waals surface area contributed by atoms with Crippen LogP contribution < -0.4 is 5.32 Å². The van der Waals surface area contributed by atoms with Crippen molar-refractivity contribution in [2.24, 2.45) is 5.92 Å². The Hall–Kier alpha value is -2.96. The summed E-state index contributed by atoms with van der Waals surface area (Å²) in [4.78, 5) is 28.0. The number of esters is 1. The number of carbonyl (C=O) groups excluding carboxylic acids is 2. The highest BCUT2D eigenvalue weighted by Crippen LogP contribution is 2.30. The highest BCUT2D eigenvalue weighted by molar-refractivity contribution is 7.89. The summed E-state index contributed by atoms with van der Waals surface area (Å²) < 4.78 is 59.3. The molecule has 1 aliphatic rings. The summed E-state index contributed by atoms with van der Waals surface area (Å²) in [6.45, 7) is -0.00256. The summed E-state index contributed by atoms with van der Waals surface area (Å²) in [5.74, 6) is -3.13. The molecule has 0 spiro atoms. The monoisotopic (exact) mass is 495 g/mol. The molecule has 0 bridgehead atoms. The number of hydrogen-bond donors (Lipinski definition) is 1. The van der Waals surface area contributed by atoms with E-state index in [2.05, 4.69) is 10.3 Å². The van der Waals surface area contributed by atoms with Crippen molar-refractivity contribution < 1.29 is 31.5 Å². The molecule has 1 amide bonds. The van der Waals surface area contributed by atoms with Crippen LogP contribution in [0.4, 0.5) is 13.9 Å². The van der Waals surface area contributed by atoms with Crippen LogP contribution in [0.15, 0.2) is 41.3 Å². The third-order valence-corrected chi connectivity index (χ3v) is 8.22. The van der Waals surface area contributed by atoms with Gasteiger partial charge in [0.1, 0.15) is 16.5 Å². The first-order valence-corrected chi connectivity index (χ1v) is 12.2. The summed E-state index contributed by atoms with van der Waals surface area (Å²) in [7, 11) is -2.93. The summed E-state index contributed by atoms with van der Waals surface area (Å²) in [5, 5.41) is 3.10. The maximum absolute atomic E-state index is 14.0. The van der Waals surface area contributed by atoms with Crippen molar-refractivity contribution in [3.63, 3.8) is 0 Å². The predicted molar refractivity (Wildman–Crippen MR) is 117 cm³/mol. The van der Waals surface area contributed by atoms with E-state index in [1.807, 2.05) is 0 Å². The average Bonchev–Trinajstić information content (AvgIpc) is 3.21. The lowest BCUT2D eigenvalue weighted by atomic mass is 9.97. The van der Waals surface area contributed by atoms with Crippen molar-refractivity contribution in [2.75, 3.05) is 25.5 Å². The molecule has 1 fully saturated rings. The van der Waals surface area contributed by atoms with Gasteiger partial charge in [-0.1, -0.05) is 11.3 Å². The van der Waals surface area contributed by atoms with Crippen LogP contribution in [0, 0.1) is 17.6 Å². The molecule has 0 radical (unpaired) electrons. The maximum atomic E-state index is 14.0. The molecule has 0 atom stereocenters. The van der Waals surface area contributed by atoms with Crippen molar-refractivity contribution in [2.45, 2.75) is 17.7 Å². The molecule has 1 N–H and O–H groups in total. The summed E-state index contributed by atoms with van der Waals surface area (Å²) in [5.41, 5.74) is 0.982. The van der Waals surface area contributed by atoms with Gasteiger partial charge in [-0.2, -0.15) is 4.31 Å². The van der Waals surface area contributed by atoms with Crippen LogP contribution in [-0.4, -0.2) is 49.8 Å². The molecule has 2 aromatic carbocycles. The number of carbonyl (C=O) groups is 2. The summed E-state index contributed by atoms with van der Waals surface area (Å²) in [6.07, 6.45) is 0.443. The van der Waals surface area contributed by atoms with Crippen LogP contribution in [0.5, 0.6) is 0 Å². The molecule has 1 saturated heterocycles. The van der Waals surface area contributed by atoms with Crippen molar-refractivity contribution in [1.29, 1.82) is 0 Å². The highest BCUT2D eigenvalue weighted by atomic mass is 32.2. The molecule has 3 aromatic rings. The molecule has 1 aromatic heterocycles. The van der Waals surface area contributed by atoms with Gasteiger partial charge in [0, 0.05) is 19.0 Å². The van der Waals surface area contributed by atoms with Crippen LogP contribution in [0.25, 0.3) is 10.2 Å². The molecule has 0 unspecified atom stereocenters. The Morgan fingerprint density at radius 3 is 2.58 bits per heavy atom. The Balaban J connectivity index is 1.41. The molecule has 8 nitrogen and oxygen atoms in total. The van der Waals surface area contributed by atoms with Gasteiger partial charge in [-0.15, -0.1) is 0 Å². The van der Waals surface area contributed by atoms with E-state index in [4.69, 9.17) is 4.74 Å². The van der Waals surface area contributed by atoms with E-state index in [1.54, 1.807) is 18.2 Å². The number of methoxy groups -OCH3 is 1. The van der Waals surface area contributed by atoms with Gasteiger partial charge in [0.2, 0.25) is 15.9 Å². The minimum Gasteiger partial charge on any atom is -0.465 e. The van der Waals surface area contributed by atoms with Gasteiger partial charge in [-0.05, 0) is 49.2 Å². The number of piperidine rings is 1. The molecule has 4 rings (SSSR count). The van der Waals surface area contributed by atoms with E-state index < -0.39 is 38.4 Å². The standard InChI is InChI=1S/C21H19F2N3O5S2/c1-31-20(28)13-2-5-16-17(10-13)32-21(24-16)25-19(27)12-6-8-26(9-7-12)33(29,30)18-11-14(22)3-4-15(18)23/h2-5,10-12H,6-9H2,1H3,(H,24,25,27). The molecule has 0 aliphatic carbocycles. The first-order chi connectivity index (χ1) is 15.7. The lowest BCUT2D eigenvalue weighted by Crippen LogP contribution is -2.41. The molecule has 174 valence electrons. The topological polar surface area (TPSA) is 106 Å². The second-order valence-corrected chi connectivity index (χ2v) is 10.4. The van der Waals surface area contributed by atoms with E-state index in [0.29, 0.717) is 27.0 Å². The third kappa shape index (κ3) is 4.72. The number of hydrogen-bond acceptors (Lipinski definition) is 7. The maximum Gasteiger partial charge on any atom is 0.337 e. The van der Waals surface area contributed by atoms with Crippen LogP contribution in [0.2, 0.25) is 0 Å². The zero-order chi connectivity index (χ0) is 23.8. The SMILES string of the molecule is COC(=O)c1ccc2nc(NC(=O)C3CCN(S(=O)(=O)c4cc(F)ccc4F)CC3)sc2c1. The van der Waals surface area contributed by atoms with Gasteiger partial charge >= 0.3 is 5.97 Å². The quantitative estimate of drug-likeness (QED) is 0.544. The molecular weight excluding hydrogens is 476 g/mol. The minimum atomic E-state index is -4.22. The van der Waals surface area contributed by atoms with Crippen LogP contribution in [0.3, 0.4) is 0 Å². The number of nitrogens with zero attached hydrogens (tertiary/aromatic N) is 2. The lowest BCUT2D eigenvalue weighted by Gasteiger charge is -2.30. The van der Waals surface area contributed by atoms with Gasteiger partial charge < -0.3 is 10.1 Å². The van der Waals surface area contributed by atoms with Gasteiger partial charge in [-0.3, -0.25) is 4.79 Å². The number of nitrogens with one attached hydrogen (secondary N) is 1. The number of benzene rings is 2. The lowest BCUT2D eigenvalue weighted by molar-refractivity contribution is -0.120.